The fraction of sp³-hybridized carbons (Fsp3) is 0.625. The Bertz CT molecular complexity index is 439. The second-order valence-corrected chi connectivity index (χ2v) is 6.23. The molecule has 2 bridgehead atoms. The largest absolute Gasteiger partial charge is 0.490 e. The van der Waals surface area contributed by atoms with Crippen molar-refractivity contribution < 1.29 is 9.47 Å². The van der Waals surface area contributed by atoms with Crippen molar-refractivity contribution in [2.45, 2.75) is 25.9 Å². The first-order valence-electron chi connectivity index (χ1n) is 7.12. The molecule has 1 aromatic rings. The van der Waals surface area contributed by atoms with Gasteiger partial charge in [-0.1, -0.05) is 17.7 Å². The topological polar surface area (TPSA) is 18.5 Å². The van der Waals surface area contributed by atoms with Crippen molar-refractivity contribution in [3.8, 4) is 5.75 Å². The van der Waals surface area contributed by atoms with Gasteiger partial charge in [0.1, 0.15) is 11.9 Å². The Hall–Kier alpha value is -1.02. The first-order valence-corrected chi connectivity index (χ1v) is 7.12. The quantitative estimate of drug-likeness (QED) is 0.796. The standard InChI is InChI=1S/C16H20O2/c1-10-2-4-12(5-3-10)18-16-7-11-6-13(16)15-9-17-8-14(11)15/h2-5,11,13-16H,6-9H2,1H3/t11-,13+,14+,15+,16+/m0/s1. The molecule has 2 aliphatic carbocycles. The Morgan fingerprint density at radius 3 is 2.61 bits per heavy atom. The Morgan fingerprint density at radius 2 is 1.78 bits per heavy atom. The molecule has 18 heavy (non-hydrogen) atoms. The van der Waals surface area contributed by atoms with Crippen LogP contribution in [0.25, 0.3) is 0 Å². The summed E-state index contributed by atoms with van der Waals surface area (Å²) in [5.41, 5.74) is 1.29. The molecule has 2 saturated carbocycles. The van der Waals surface area contributed by atoms with Crippen LogP contribution in [-0.2, 0) is 4.74 Å². The fourth-order valence-electron chi connectivity index (χ4n) is 4.31. The second kappa shape index (κ2) is 3.99. The Kier molecular flexibility index (Phi) is 2.41. The minimum atomic E-state index is 0.431. The van der Waals surface area contributed by atoms with Crippen LogP contribution in [0.4, 0.5) is 0 Å². The summed E-state index contributed by atoms with van der Waals surface area (Å²) >= 11 is 0. The van der Waals surface area contributed by atoms with Crippen LogP contribution in [0.2, 0.25) is 0 Å². The number of rotatable bonds is 2. The van der Waals surface area contributed by atoms with E-state index in [0.717, 1.165) is 42.6 Å². The molecule has 2 nitrogen and oxygen atoms in total. The third kappa shape index (κ3) is 1.58. The van der Waals surface area contributed by atoms with Crippen molar-refractivity contribution >= 4 is 0 Å². The van der Waals surface area contributed by atoms with E-state index < -0.39 is 0 Å². The monoisotopic (exact) mass is 244 g/mol. The highest BCUT2D eigenvalue weighted by Crippen LogP contribution is 2.55. The smallest absolute Gasteiger partial charge is 0.119 e. The average Bonchev–Trinajstić information content (AvgIpc) is 3.03. The first kappa shape index (κ1) is 10.9. The normalized spacial score (nSPS) is 41.1. The third-order valence-electron chi connectivity index (χ3n) is 5.22. The van der Waals surface area contributed by atoms with Gasteiger partial charge in [-0.2, -0.15) is 0 Å². The maximum absolute atomic E-state index is 6.22. The molecule has 1 saturated heterocycles. The van der Waals surface area contributed by atoms with E-state index in [4.69, 9.17) is 9.47 Å². The van der Waals surface area contributed by atoms with Gasteiger partial charge in [0.15, 0.2) is 0 Å². The van der Waals surface area contributed by atoms with Crippen molar-refractivity contribution in [3.63, 3.8) is 0 Å². The molecule has 0 spiro atoms. The lowest BCUT2D eigenvalue weighted by Crippen LogP contribution is -2.34. The molecule has 0 amide bonds. The minimum absolute atomic E-state index is 0.431. The van der Waals surface area contributed by atoms with Gasteiger partial charge in [0.25, 0.3) is 0 Å². The highest BCUT2D eigenvalue weighted by Gasteiger charge is 2.55. The van der Waals surface area contributed by atoms with Crippen molar-refractivity contribution in [1.82, 2.24) is 0 Å². The summed E-state index contributed by atoms with van der Waals surface area (Å²) in [6, 6.07) is 8.46. The zero-order chi connectivity index (χ0) is 12.1. The molecule has 3 aliphatic rings. The lowest BCUT2D eigenvalue weighted by molar-refractivity contribution is 0.0878. The minimum Gasteiger partial charge on any atom is -0.490 e. The molecular weight excluding hydrogens is 224 g/mol. The number of hydrogen-bond donors (Lipinski definition) is 0. The van der Waals surface area contributed by atoms with Gasteiger partial charge in [-0.25, -0.2) is 0 Å². The van der Waals surface area contributed by atoms with Crippen LogP contribution in [0.1, 0.15) is 18.4 Å². The number of benzene rings is 1. The van der Waals surface area contributed by atoms with Gasteiger partial charge < -0.3 is 9.47 Å². The van der Waals surface area contributed by atoms with E-state index in [0.29, 0.717) is 6.10 Å². The van der Waals surface area contributed by atoms with E-state index >= 15 is 0 Å². The van der Waals surface area contributed by atoms with Crippen LogP contribution >= 0.6 is 0 Å². The van der Waals surface area contributed by atoms with Crippen molar-refractivity contribution in [3.05, 3.63) is 29.8 Å². The van der Waals surface area contributed by atoms with Crippen molar-refractivity contribution in [2.75, 3.05) is 13.2 Å². The van der Waals surface area contributed by atoms with Crippen LogP contribution in [0.15, 0.2) is 24.3 Å². The van der Waals surface area contributed by atoms with Gasteiger partial charge >= 0.3 is 0 Å². The molecule has 0 unspecified atom stereocenters. The second-order valence-electron chi connectivity index (χ2n) is 6.23. The summed E-state index contributed by atoms with van der Waals surface area (Å²) in [4.78, 5) is 0. The number of fused-ring (bicyclic) bond motifs is 5. The molecular formula is C16H20O2. The summed E-state index contributed by atoms with van der Waals surface area (Å²) in [7, 11) is 0. The van der Waals surface area contributed by atoms with Crippen molar-refractivity contribution in [1.29, 1.82) is 0 Å². The zero-order valence-corrected chi connectivity index (χ0v) is 10.8. The summed E-state index contributed by atoms with van der Waals surface area (Å²) in [5, 5.41) is 0. The van der Waals surface area contributed by atoms with Gasteiger partial charge in [-0.05, 0) is 49.7 Å². The Balaban J connectivity index is 1.49. The van der Waals surface area contributed by atoms with E-state index in [1.54, 1.807) is 0 Å². The predicted molar refractivity (Wildman–Crippen MR) is 69.6 cm³/mol. The lowest BCUT2D eigenvalue weighted by atomic mass is 9.80. The molecule has 96 valence electrons. The highest BCUT2D eigenvalue weighted by molar-refractivity contribution is 5.27. The summed E-state index contributed by atoms with van der Waals surface area (Å²) in [6.07, 6.45) is 3.04. The number of hydrogen-bond acceptors (Lipinski definition) is 2. The maximum atomic E-state index is 6.22. The third-order valence-corrected chi connectivity index (χ3v) is 5.22. The molecule has 0 radical (unpaired) electrons. The van der Waals surface area contributed by atoms with Crippen LogP contribution in [-0.4, -0.2) is 19.3 Å². The average molecular weight is 244 g/mol. The lowest BCUT2D eigenvalue weighted by Gasteiger charge is -2.30. The summed E-state index contributed by atoms with van der Waals surface area (Å²) in [5.74, 6) is 4.25. The molecule has 1 heterocycles. The van der Waals surface area contributed by atoms with Crippen LogP contribution in [0, 0.1) is 30.6 Å². The number of aryl methyl sites for hydroxylation is 1. The zero-order valence-electron chi connectivity index (χ0n) is 10.8. The predicted octanol–water partition coefficient (Wildman–Crippen LogP) is 3.04. The van der Waals surface area contributed by atoms with E-state index in [1.807, 2.05) is 0 Å². The Morgan fingerprint density at radius 1 is 1.00 bits per heavy atom. The first-order chi connectivity index (χ1) is 8.81. The molecule has 5 atom stereocenters. The van der Waals surface area contributed by atoms with Gasteiger partial charge in [0, 0.05) is 5.92 Å². The SMILES string of the molecule is Cc1ccc(O[C@@H]2C[C@@H]3C[C@@H]2[C@H]2COC[C@H]32)cc1. The van der Waals surface area contributed by atoms with Crippen molar-refractivity contribution in [2.24, 2.45) is 23.7 Å². The fourth-order valence-corrected chi connectivity index (χ4v) is 4.31. The van der Waals surface area contributed by atoms with Gasteiger partial charge in [-0.3, -0.25) is 0 Å². The molecule has 0 N–H and O–H groups in total. The van der Waals surface area contributed by atoms with E-state index in [1.165, 1.54) is 18.4 Å². The molecule has 1 aromatic carbocycles. The van der Waals surface area contributed by atoms with Crippen LogP contribution in [0.5, 0.6) is 5.75 Å². The van der Waals surface area contributed by atoms with E-state index in [-0.39, 0.29) is 0 Å². The van der Waals surface area contributed by atoms with Gasteiger partial charge in [0.2, 0.25) is 0 Å². The van der Waals surface area contributed by atoms with Crippen LogP contribution in [0.3, 0.4) is 0 Å². The molecule has 3 fully saturated rings. The van der Waals surface area contributed by atoms with E-state index in [2.05, 4.69) is 31.2 Å². The number of ether oxygens (including phenoxy) is 2. The van der Waals surface area contributed by atoms with E-state index in [9.17, 15) is 0 Å². The summed E-state index contributed by atoms with van der Waals surface area (Å²) < 4.78 is 11.9. The molecule has 2 heteroatoms. The molecule has 0 aromatic heterocycles. The maximum Gasteiger partial charge on any atom is 0.119 e. The molecule has 1 aliphatic heterocycles. The highest BCUT2D eigenvalue weighted by atomic mass is 16.5. The van der Waals surface area contributed by atoms with Gasteiger partial charge in [0.05, 0.1) is 13.2 Å². The molecule has 4 rings (SSSR count). The Labute approximate surface area is 108 Å². The van der Waals surface area contributed by atoms with Crippen LogP contribution < -0.4 is 4.74 Å². The van der Waals surface area contributed by atoms with Gasteiger partial charge in [-0.15, -0.1) is 0 Å². The summed E-state index contributed by atoms with van der Waals surface area (Å²) in [6.45, 7) is 4.09.